The van der Waals surface area contributed by atoms with E-state index in [1.807, 2.05) is 17.8 Å². The zero-order valence-corrected chi connectivity index (χ0v) is 9.57. The van der Waals surface area contributed by atoms with E-state index in [-0.39, 0.29) is 0 Å². The Morgan fingerprint density at radius 2 is 2.36 bits per heavy atom. The highest BCUT2D eigenvalue weighted by Gasteiger charge is 2.21. The highest BCUT2D eigenvalue weighted by atomic mass is 35.5. The maximum atomic E-state index is 5.95. The minimum absolute atomic E-state index is 0.715. The van der Waals surface area contributed by atoms with E-state index in [1.54, 1.807) is 0 Å². The molecule has 1 heterocycles. The molecule has 0 saturated heterocycles. The summed E-state index contributed by atoms with van der Waals surface area (Å²) in [6.07, 6.45) is 3.49. The van der Waals surface area contributed by atoms with Crippen molar-refractivity contribution in [3.63, 3.8) is 0 Å². The lowest BCUT2D eigenvalue weighted by Gasteiger charge is -2.05. The van der Waals surface area contributed by atoms with E-state index in [1.165, 1.54) is 16.9 Å². The molecule has 0 spiro atoms. The summed E-state index contributed by atoms with van der Waals surface area (Å²) in [7, 11) is 0. The predicted octanol–water partition coefficient (Wildman–Crippen LogP) is 3.10. The number of thioether (sulfide) groups is 1. The number of hydrogen-bond donors (Lipinski definition) is 1. The Kier molecular flexibility index (Phi) is 3.37. The third kappa shape index (κ3) is 2.25. The highest BCUT2D eigenvalue weighted by Crippen LogP contribution is 2.39. The molecule has 1 aromatic rings. The van der Waals surface area contributed by atoms with Crippen LogP contribution in [0.2, 0.25) is 5.02 Å². The van der Waals surface area contributed by atoms with Crippen LogP contribution in [0.3, 0.4) is 0 Å². The second-order valence-electron chi connectivity index (χ2n) is 3.63. The molecule has 1 aliphatic heterocycles. The fourth-order valence-electron chi connectivity index (χ4n) is 1.80. The quantitative estimate of drug-likeness (QED) is 0.859. The highest BCUT2D eigenvalue weighted by molar-refractivity contribution is 8.00. The van der Waals surface area contributed by atoms with Crippen molar-refractivity contribution in [1.82, 2.24) is 0 Å². The van der Waals surface area contributed by atoms with Gasteiger partial charge < -0.3 is 5.73 Å². The van der Waals surface area contributed by atoms with Gasteiger partial charge in [-0.15, -0.1) is 11.8 Å². The van der Waals surface area contributed by atoms with Gasteiger partial charge in [-0.3, -0.25) is 0 Å². The summed E-state index contributed by atoms with van der Waals surface area (Å²) >= 11 is 7.92. The van der Waals surface area contributed by atoms with Crippen LogP contribution in [0.5, 0.6) is 0 Å². The van der Waals surface area contributed by atoms with Crippen molar-refractivity contribution >= 4 is 23.4 Å². The van der Waals surface area contributed by atoms with Gasteiger partial charge in [-0.25, -0.2) is 0 Å². The number of nitrogens with two attached hydrogens (primary N) is 1. The van der Waals surface area contributed by atoms with Gasteiger partial charge in [-0.1, -0.05) is 11.6 Å². The Labute approximate surface area is 94.0 Å². The number of hydrogen-bond acceptors (Lipinski definition) is 2. The lowest BCUT2D eigenvalue weighted by molar-refractivity contribution is 0.709. The van der Waals surface area contributed by atoms with Crippen molar-refractivity contribution < 1.29 is 0 Å². The summed E-state index contributed by atoms with van der Waals surface area (Å²) in [5, 5.41) is 1.57. The lowest BCUT2D eigenvalue weighted by atomic mass is 10.1. The van der Waals surface area contributed by atoms with E-state index in [0.29, 0.717) is 5.25 Å². The molecular formula is C11H14ClNS. The molecule has 1 aromatic carbocycles. The summed E-state index contributed by atoms with van der Waals surface area (Å²) < 4.78 is 0. The first-order valence-electron chi connectivity index (χ1n) is 4.95. The monoisotopic (exact) mass is 227 g/mol. The molecule has 14 heavy (non-hydrogen) atoms. The SMILES string of the molecule is NCCCC1Cc2cc(Cl)ccc2S1. The van der Waals surface area contributed by atoms with Crippen molar-refractivity contribution in [2.24, 2.45) is 5.73 Å². The molecule has 0 amide bonds. The number of halogens is 1. The molecule has 2 rings (SSSR count). The van der Waals surface area contributed by atoms with Crippen molar-refractivity contribution in [1.29, 1.82) is 0 Å². The molecule has 3 heteroatoms. The van der Waals surface area contributed by atoms with Crippen LogP contribution < -0.4 is 5.73 Å². The zero-order chi connectivity index (χ0) is 9.97. The van der Waals surface area contributed by atoms with E-state index >= 15 is 0 Å². The largest absolute Gasteiger partial charge is 0.330 e. The maximum absolute atomic E-state index is 5.95. The standard InChI is InChI=1S/C11H14ClNS/c12-9-3-4-11-8(6-9)7-10(14-11)2-1-5-13/h3-4,6,10H,1-2,5,7,13H2. The average Bonchev–Trinajstić information content (AvgIpc) is 2.56. The zero-order valence-electron chi connectivity index (χ0n) is 8.00. The first-order chi connectivity index (χ1) is 6.79. The molecule has 76 valence electrons. The minimum atomic E-state index is 0.715. The fraction of sp³-hybridized carbons (Fsp3) is 0.455. The van der Waals surface area contributed by atoms with E-state index < -0.39 is 0 Å². The van der Waals surface area contributed by atoms with E-state index in [9.17, 15) is 0 Å². The average molecular weight is 228 g/mol. The lowest BCUT2D eigenvalue weighted by Crippen LogP contribution is -2.05. The van der Waals surface area contributed by atoms with Gasteiger partial charge in [0, 0.05) is 15.2 Å². The Bertz CT molecular complexity index is 327. The van der Waals surface area contributed by atoms with Gasteiger partial charge in [-0.05, 0) is 49.6 Å². The van der Waals surface area contributed by atoms with Gasteiger partial charge in [0.1, 0.15) is 0 Å². The Hall–Kier alpha value is -0.180. The minimum Gasteiger partial charge on any atom is -0.330 e. The third-order valence-corrected chi connectivity index (χ3v) is 4.12. The van der Waals surface area contributed by atoms with Crippen LogP contribution in [0.15, 0.2) is 23.1 Å². The molecule has 0 fully saturated rings. The van der Waals surface area contributed by atoms with E-state index in [4.69, 9.17) is 17.3 Å². The second-order valence-corrected chi connectivity index (χ2v) is 5.41. The van der Waals surface area contributed by atoms with Crippen LogP contribution in [-0.2, 0) is 6.42 Å². The topological polar surface area (TPSA) is 26.0 Å². The molecule has 0 saturated carbocycles. The van der Waals surface area contributed by atoms with Crippen LogP contribution in [0.1, 0.15) is 18.4 Å². The number of benzene rings is 1. The summed E-state index contributed by atoms with van der Waals surface area (Å²) in [5.41, 5.74) is 6.91. The van der Waals surface area contributed by atoms with Crippen molar-refractivity contribution in [3.8, 4) is 0 Å². The molecule has 1 aliphatic rings. The normalized spacial score (nSPS) is 19.7. The third-order valence-electron chi connectivity index (χ3n) is 2.49. The summed E-state index contributed by atoms with van der Waals surface area (Å²) in [6, 6.07) is 6.19. The van der Waals surface area contributed by atoms with Gasteiger partial charge in [0.05, 0.1) is 0 Å². The van der Waals surface area contributed by atoms with E-state index in [0.717, 1.165) is 24.4 Å². The van der Waals surface area contributed by atoms with Crippen LogP contribution in [-0.4, -0.2) is 11.8 Å². The smallest absolute Gasteiger partial charge is 0.0409 e. The van der Waals surface area contributed by atoms with Gasteiger partial charge >= 0.3 is 0 Å². The Morgan fingerprint density at radius 3 is 3.14 bits per heavy atom. The molecule has 1 nitrogen and oxygen atoms in total. The maximum Gasteiger partial charge on any atom is 0.0409 e. The summed E-state index contributed by atoms with van der Waals surface area (Å²) in [5.74, 6) is 0. The van der Waals surface area contributed by atoms with Crippen LogP contribution in [0.25, 0.3) is 0 Å². The summed E-state index contributed by atoms with van der Waals surface area (Å²) in [4.78, 5) is 1.40. The Morgan fingerprint density at radius 1 is 1.50 bits per heavy atom. The molecule has 0 aromatic heterocycles. The number of rotatable bonds is 3. The first-order valence-corrected chi connectivity index (χ1v) is 6.20. The van der Waals surface area contributed by atoms with Crippen molar-refractivity contribution in [2.45, 2.75) is 29.4 Å². The van der Waals surface area contributed by atoms with Crippen LogP contribution in [0.4, 0.5) is 0 Å². The molecule has 1 atom stereocenters. The van der Waals surface area contributed by atoms with Gasteiger partial charge in [0.25, 0.3) is 0 Å². The molecule has 1 unspecified atom stereocenters. The number of fused-ring (bicyclic) bond motifs is 1. The van der Waals surface area contributed by atoms with Crippen LogP contribution >= 0.6 is 23.4 Å². The van der Waals surface area contributed by atoms with Gasteiger partial charge in [-0.2, -0.15) is 0 Å². The predicted molar refractivity (Wildman–Crippen MR) is 63.1 cm³/mol. The van der Waals surface area contributed by atoms with E-state index in [2.05, 4.69) is 12.1 Å². The van der Waals surface area contributed by atoms with Crippen LogP contribution in [0, 0.1) is 0 Å². The first kappa shape index (κ1) is 10.3. The van der Waals surface area contributed by atoms with Crippen molar-refractivity contribution in [2.75, 3.05) is 6.54 Å². The molecule has 2 N–H and O–H groups in total. The molecule has 0 aliphatic carbocycles. The molecule has 0 radical (unpaired) electrons. The van der Waals surface area contributed by atoms with Gasteiger partial charge in [0.2, 0.25) is 0 Å². The van der Waals surface area contributed by atoms with Crippen molar-refractivity contribution in [3.05, 3.63) is 28.8 Å². The van der Waals surface area contributed by atoms with Gasteiger partial charge in [0.15, 0.2) is 0 Å². The molecule has 0 bridgehead atoms. The fourth-order valence-corrected chi connectivity index (χ4v) is 3.34. The Balaban J connectivity index is 2.03. The second kappa shape index (κ2) is 4.56. The molecular weight excluding hydrogens is 214 g/mol. The summed E-state index contributed by atoms with van der Waals surface area (Å²) in [6.45, 7) is 0.800.